The molecular formula is C33H46F3N3O5. The summed E-state index contributed by atoms with van der Waals surface area (Å²) in [5, 5.41) is 12.6. The summed E-state index contributed by atoms with van der Waals surface area (Å²) in [6.45, 7) is 7.62. The van der Waals surface area contributed by atoms with Crippen LogP contribution in [0.15, 0.2) is 48.5 Å². The molecule has 0 aromatic heterocycles. The van der Waals surface area contributed by atoms with Crippen molar-refractivity contribution >= 4 is 17.5 Å². The van der Waals surface area contributed by atoms with Crippen LogP contribution < -0.4 is 10.1 Å². The van der Waals surface area contributed by atoms with E-state index in [1.807, 2.05) is 39.1 Å². The van der Waals surface area contributed by atoms with E-state index in [1.54, 1.807) is 17.9 Å². The summed E-state index contributed by atoms with van der Waals surface area (Å²) in [7, 11) is 2.04. The summed E-state index contributed by atoms with van der Waals surface area (Å²) in [4.78, 5) is 30.2. The number of benzene rings is 2. The lowest BCUT2D eigenvalue weighted by atomic mass is 10.0. The Balaban J connectivity index is 1.89. The van der Waals surface area contributed by atoms with Crippen molar-refractivity contribution in [1.82, 2.24) is 9.80 Å². The molecule has 0 unspecified atom stereocenters. The first-order valence-electron chi connectivity index (χ1n) is 15.3. The monoisotopic (exact) mass is 621 g/mol. The van der Waals surface area contributed by atoms with Crippen molar-refractivity contribution < 1.29 is 37.3 Å². The highest BCUT2D eigenvalue weighted by molar-refractivity contribution is 5.99. The standard InChI is InChI=1S/C33H46F3N3O5/c1-23-19-39(24(2)22-40)32(42)28-18-27(37-31(41)15-16-33(34,35)36)13-14-29(28)44-25(3)10-8-9-17-43-30(23)21-38(4)20-26-11-6-5-7-12-26/h5-7,11-14,18,23-25,30,40H,8-10,15-17,19-22H2,1-4H3,(H,37,41)/t23-,24+,25-,30-/m0/s1. The summed E-state index contributed by atoms with van der Waals surface area (Å²) in [6, 6.07) is 14.1. The molecule has 244 valence electrons. The van der Waals surface area contributed by atoms with Crippen LogP contribution in [0.4, 0.5) is 18.9 Å². The topological polar surface area (TPSA) is 91.3 Å². The summed E-state index contributed by atoms with van der Waals surface area (Å²) in [6.07, 6.45) is -4.44. The fourth-order valence-corrected chi connectivity index (χ4v) is 5.21. The molecule has 3 rings (SSSR count). The maximum atomic E-state index is 14.1. The number of halogens is 3. The van der Waals surface area contributed by atoms with Crippen LogP contribution in [-0.4, -0.2) is 84.5 Å². The average Bonchev–Trinajstić information content (AvgIpc) is 2.97. The normalized spacial score (nSPS) is 21.2. The van der Waals surface area contributed by atoms with Gasteiger partial charge in [-0.2, -0.15) is 13.2 Å². The second kappa shape index (κ2) is 16.8. The van der Waals surface area contributed by atoms with Gasteiger partial charge >= 0.3 is 6.18 Å². The first kappa shape index (κ1) is 35.3. The zero-order valence-electron chi connectivity index (χ0n) is 26.1. The maximum absolute atomic E-state index is 14.1. The van der Waals surface area contributed by atoms with Crippen molar-refractivity contribution in [1.29, 1.82) is 0 Å². The lowest BCUT2D eigenvalue weighted by molar-refractivity contribution is -0.142. The summed E-state index contributed by atoms with van der Waals surface area (Å²) >= 11 is 0. The van der Waals surface area contributed by atoms with Gasteiger partial charge in [-0.15, -0.1) is 0 Å². The fourth-order valence-electron chi connectivity index (χ4n) is 5.21. The van der Waals surface area contributed by atoms with Crippen LogP contribution in [0.2, 0.25) is 0 Å². The van der Waals surface area contributed by atoms with Crippen molar-refractivity contribution in [2.75, 3.05) is 38.7 Å². The number of fused-ring (bicyclic) bond motifs is 1. The molecule has 1 aliphatic heterocycles. The molecule has 0 aliphatic carbocycles. The van der Waals surface area contributed by atoms with Gasteiger partial charge in [0.05, 0.1) is 36.8 Å². The minimum absolute atomic E-state index is 0.109. The molecule has 11 heteroatoms. The number of ether oxygens (including phenoxy) is 2. The average molecular weight is 622 g/mol. The van der Waals surface area contributed by atoms with Gasteiger partial charge in [0.2, 0.25) is 5.91 Å². The van der Waals surface area contributed by atoms with Gasteiger partial charge < -0.3 is 24.8 Å². The quantitative estimate of drug-likeness (QED) is 0.363. The second-order valence-corrected chi connectivity index (χ2v) is 11.9. The van der Waals surface area contributed by atoms with Crippen molar-refractivity contribution in [2.24, 2.45) is 5.92 Å². The Kier molecular flexibility index (Phi) is 13.5. The highest BCUT2D eigenvalue weighted by atomic mass is 19.4. The molecule has 2 aromatic rings. The number of nitrogens with one attached hydrogen (secondary N) is 1. The Morgan fingerprint density at radius 2 is 1.89 bits per heavy atom. The Morgan fingerprint density at radius 1 is 1.16 bits per heavy atom. The number of anilines is 1. The van der Waals surface area contributed by atoms with Gasteiger partial charge in [0.15, 0.2) is 0 Å². The summed E-state index contributed by atoms with van der Waals surface area (Å²) in [5.41, 5.74) is 1.53. The van der Waals surface area contributed by atoms with E-state index in [2.05, 4.69) is 22.3 Å². The van der Waals surface area contributed by atoms with Crippen LogP contribution in [-0.2, 0) is 16.1 Å². The van der Waals surface area contributed by atoms with Crippen molar-refractivity contribution in [3.05, 3.63) is 59.7 Å². The van der Waals surface area contributed by atoms with Gasteiger partial charge in [0.25, 0.3) is 5.91 Å². The number of hydrogen-bond acceptors (Lipinski definition) is 6. The third-order valence-corrected chi connectivity index (χ3v) is 7.76. The zero-order chi connectivity index (χ0) is 32.3. The predicted molar refractivity (Wildman–Crippen MR) is 164 cm³/mol. The number of carbonyl (C=O) groups is 2. The summed E-state index contributed by atoms with van der Waals surface area (Å²) in [5.74, 6) is -1.02. The molecule has 0 radical (unpaired) electrons. The molecule has 8 nitrogen and oxygen atoms in total. The Morgan fingerprint density at radius 3 is 2.57 bits per heavy atom. The molecule has 2 amide bonds. The maximum Gasteiger partial charge on any atom is 0.389 e. The SMILES string of the molecule is C[C@H](CO)N1C[C@H](C)[C@H](CN(C)Cc2ccccc2)OCCCC[C@H](C)Oc2ccc(NC(=O)CCC(F)(F)F)cc2C1=O. The van der Waals surface area contributed by atoms with E-state index in [9.17, 15) is 27.9 Å². The van der Waals surface area contributed by atoms with Gasteiger partial charge in [0.1, 0.15) is 5.75 Å². The molecular weight excluding hydrogens is 575 g/mol. The van der Waals surface area contributed by atoms with Crippen molar-refractivity contribution in [3.8, 4) is 5.75 Å². The number of aliphatic hydroxyl groups is 1. The Bertz CT molecular complexity index is 1200. The van der Waals surface area contributed by atoms with Crippen LogP contribution in [0.3, 0.4) is 0 Å². The highest BCUT2D eigenvalue weighted by Crippen LogP contribution is 2.29. The van der Waals surface area contributed by atoms with Crippen molar-refractivity contribution in [2.45, 2.75) is 83.8 Å². The lowest BCUT2D eigenvalue weighted by Gasteiger charge is -2.36. The van der Waals surface area contributed by atoms with Gasteiger partial charge in [0, 0.05) is 44.3 Å². The number of nitrogens with zero attached hydrogens (tertiary/aromatic N) is 2. The first-order valence-corrected chi connectivity index (χ1v) is 15.3. The number of alkyl halides is 3. The number of rotatable bonds is 9. The molecule has 2 N–H and O–H groups in total. The number of carbonyl (C=O) groups excluding carboxylic acids is 2. The minimum atomic E-state index is -4.45. The van der Waals surface area contributed by atoms with E-state index in [-0.39, 0.29) is 42.5 Å². The van der Waals surface area contributed by atoms with E-state index in [1.165, 1.54) is 17.7 Å². The Labute approximate surface area is 258 Å². The minimum Gasteiger partial charge on any atom is -0.490 e. The molecule has 44 heavy (non-hydrogen) atoms. The van der Waals surface area contributed by atoms with Crippen LogP contribution in [0.5, 0.6) is 5.75 Å². The molecule has 1 aliphatic rings. The molecule has 4 atom stereocenters. The highest BCUT2D eigenvalue weighted by Gasteiger charge is 2.31. The van der Waals surface area contributed by atoms with E-state index >= 15 is 0 Å². The Hall–Kier alpha value is -3.15. The predicted octanol–water partition coefficient (Wildman–Crippen LogP) is 5.90. The molecule has 1 heterocycles. The van der Waals surface area contributed by atoms with Crippen LogP contribution in [0.1, 0.15) is 68.8 Å². The molecule has 0 saturated heterocycles. The second-order valence-electron chi connectivity index (χ2n) is 11.9. The van der Waals surface area contributed by atoms with Crippen molar-refractivity contribution in [3.63, 3.8) is 0 Å². The van der Waals surface area contributed by atoms with E-state index < -0.39 is 36.9 Å². The number of likely N-dealkylation sites (N-methyl/N-ethyl adjacent to an activating group) is 1. The number of amides is 2. The van der Waals surface area contributed by atoms with Crippen LogP contribution in [0, 0.1) is 5.92 Å². The van der Waals surface area contributed by atoms with Crippen LogP contribution in [0.25, 0.3) is 0 Å². The fraction of sp³-hybridized carbons (Fsp3) is 0.576. The molecule has 0 spiro atoms. The molecule has 2 aromatic carbocycles. The molecule has 0 bridgehead atoms. The van der Waals surface area contributed by atoms with E-state index in [0.717, 1.165) is 25.8 Å². The van der Waals surface area contributed by atoms with Crippen LogP contribution >= 0.6 is 0 Å². The van der Waals surface area contributed by atoms with E-state index in [0.29, 0.717) is 18.9 Å². The lowest BCUT2D eigenvalue weighted by Crippen LogP contribution is -2.47. The van der Waals surface area contributed by atoms with Gasteiger partial charge in [-0.3, -0.25) is 14.5 Å². The number of hydrogen-bond donors (Lipinski definition) is 2. The molecule has 0 fully saturated rings. The van der Waals surface area contributed by atoms with Gasteiger partial charge in [-0.05, 0) is 63.9 Å². The smallest absolute Gasteiger partial charge is 0.389 e. The number of aliphatic hydroxyl groups excluding tert-OH is 1. The largest absolute Gasteiger partial charge is 0.490 e. The molecule has 0 saturated carbocycles. The third kappa shape index (κ3) is 11.4. The first-order chi connectivity index (χ1) is 20.9. The third-order valence-electron chi connectivity index (χ3n) is 7.76. The summed E-state index contributed by atoms with van der Waals surface area (Å²) < 4.78 is 50.5. The van der Waals surface area contributed by atoms with E-state index in [4.69, 9.17) is 9.47 Å². The zero-order valence-corrected chi connectivity index (χ0v) is 26.1. The van der Waals surface area contributed by atoms with Gasteiger partial charge in [-0.25, -0.2) is 0 Å². The van der Waals surface area contributed by atoms with Gasteiger partial charge in [-0.1, -0.05) is 37.3 Å².